The van der Waals surface area contributed by atoms with Gasteiger partial charge in [-0.2, -0.15) is 13.2 Å². The molecule has 0 aliphatic heterocycles. The first-order valence-corrected chi connectivity index (χ1v) is 7.96. The summed E-state index contributed by atoms with van der Waals surface area (Å²) in [6.07, 6.45) is -6.61. The van der Waals surface area contributed by atoms with Crippen LogP contribution in [0.4, 0.5) is 18.0 Å². The molecule has 6 nitrogen and oxygen atoms in total. The first-order valence-electron chi connectivity index (χ1n) is 7.96. The molecule has 0 fully saturated rings. The summed E-state index contributed by atoms with van der Waals surface area (Å²) in [6, 6.07) is 13.0. The number of ether oxygens (including phenoxy) is 2. The van der Waals surface area contributed by atoms with Crippen LogP contribution in [0, 0.1) is 0 Å². The maximum Gasteiger partial charge on any atom is 0.513 e. The summed E-state index contributed by atoms with van der Waals surface area (Å²) in [5, 5.41) is 10.1. The van der Waals surface area contributed by atoms with E-state index in [0.29, 0.717) is 16.9 Å². The predicted octanol–water partition coefficient (Wildman–Crippen LogP) is 5.83. The smallest absolute Gasteiger partial charge is 0.489 e. The van der Waals surface area contributed by atoms with Crippen LogP contribution in [0.2, 0.25) is 0 Å². The second kappa shape index (κ2) is 6.52. The zero-order chi connectivity index (χ0) is 19.9. The second-order valence-corrected chi connectivity index (χ2v) is 5.83. The Labute approximate surface area is 154 Å². The first kappa shape index (κ1) is 17.8. The molecule has 0 spiro atoms. The molecule has 0 saturated carbocycles. The summed E-state index contributed by atoms with van der Waals surface area (Å²) in [6.45, 7) is -0.497. The zero-order valence-corrected chi connectivity index (χ0v) is 13.9. The molecule has 0 radical (unpaired) electrons. The van der Waals surface area contributed by atoms with Crippen LogP contribution in [0.3, 0.4) is 0 Å². The van der Waals surface area contributed by atoms with Crippen molar-refractivity contribution in [3.63, 3.8) is 0 Å². The molecule has 0 atom stereocenters. The van der Waals surface area contributed by atoms with E-state index in [1.807, 2.05) is 18.2 Å². The van der Waals surface area contributed by atoms with E-state index in [-0.39, 0.29) is 5.56 Å². The van der Waals surface area contributed by atoms with Crippen molar-refractivity contribution in [1.82, 2.24) is 0 Å². The van der Waals surface area contributed by atoms with Crippen molar-refractivity contribution in [1.29, 1.82) is 0 Å². The van der Waals surface area contributed by atoms with Crippen molar-refractivity contribution in [2.45, 2.75) is 12.8 Å². The lowest BCUT2D eigenvalue weighted by atomic mass is 10.1. The van der Waals surface area contributed by atoms with E-state index < -0.39 is 30.6 Å². The number of para-hydroxylation sites is 1. The number of alkyl halides is 3. The molecule has 2 aromatic heterocycles. The van der Waals surface area contributed by atoms with Crippen LogP contribution in [0.15, 0.2) is 57.4 Å². The minimum atomic E-state index is -4.83. The molecular weight excluding hydrogens is 381 g/mol. The maximum absolute atomic E-state index is 13.1. The lowest BCUT2D eigenvalue weighted by molar-refractivity contribution is -0.154. The van der Waals surface area contributed by atoms with Crippen molar-refractivity contribution < 1.29 is 41.4 Å². The van der Waals surface area contributed by atoms with Crippen molar-refractivity contribution in [3.8, 4) is 11.7 Å². The van der Waals surface area contributed by atoms with E-state index in [9.17, 15) is 18.0 Å². The molecule has 2 heterocycles. The van der Waals surface area contributed by atoms with Gasteiger partial charge in [-0.15, -0.1) is 0 Å². The van der Waals surface area contributed by atoms with E-state index in [4.69, 9.17) is 14.3 Å². The molecule has 0 aliphatic rings. The Morgan fingerprint density at radius 3 is 2.50 bits per heavy atom. The second-order valence-electron chi connectivity index (χ2n) is 5.83. The highest BCUT2D eigenvalue weighted by molar-refractivity contribution is 6.05. The number of fused-ring (bicyclic) bond motifs is 3. The fourth-order valence-electron chi connectivity index (χ4n) is 2.84. The molecule has 28 heavy (non-hydrogen) atoms. The van der Waals surface area contributed by atoms with Gasteiger partial charge in [0.15, 0.2) is 0 Å². The van der Waals surface area contributed by atoms with Gasteiger partial charge in [0, 0.05) is 22.4 Å². The summed E-state index contributed by atoms with van der Waals surface area (Å²) in [4.78, 5) is 10.5. The number of halogens is 3. The summed E-state index contributed by atoms with van der Waals surface area (Å²) >= 11 is 0. The zero-order valence-electron chi connectivity index (χ0n) is 13.9. The topological polar surface area (TPSA) is 82.0 Å². The monoisotopic (exact) mass is 392 g/mol. The number of furan rings is 2. The molecule has 9 heteroatoms. The summed E-state index contributed by atoms with van der Waals surface area (Å²) in [5.41, 5.74) is 0.908. The Bertz CT molecular complexity index is 1170. The van der Waals surface area contributed by atoms with E-state index >= 15 is 0 Å². The maximum atomic E-state index is 13.1. The molecule has 0 saturated heterocycles. The van der Waals surface area contributed by atoms with Gasteiger partial charge >= 0.3 is 12.3 Å². The van der Waals surface area contributed by atoms with Gasteiger partial charge in [0.25, 0.3) is 5.95 Å². The molecule has 0 amide bonds. The van der Waals surface area contributed by atoms with Crippen molar-refractivity contribution >= 4 is 28.1 Å². The molecule has 4 aromatic rings. The average molecular weight is 392 g/mol. The summed E-state index contributed by atoms with van der Waals surface area (Å²) < 4.78 is 59.1. The SMILES string of the molecule is O=C(O)Oc1cc(COc2ccc3oc4ccccc4c3c2)c(C(F)(F)F)o1. The molecule has 144 valence electrons. The van der Waals surface area contributed by atoms with Crippen LogP contribution < -0.4 is 9.47 Å². The van der Waals surface area contributed by atoms with Gasteiger partial charge < -0.3 is 23.4 Å². The first-order chi connectivity index (χ1) is 13.3. The highest BCUT2D eigenvalue weighted by Gasteiger charge is 2.39. The van der Waals surface area contributed by atoms with Crippen LogP contribution in [-0.2, 0) is 12.8 Å². The molecule has 0 bridgehead atoms. The number of benzene rings is 2. The molecule has 0 aliphatic carbocycles. The summed E-state index contributed by atoms with van der Waals surface area (Å²) in [5.74, 6) is -1.85. The van der Waals surface area contributed by atoms with Crippen molar-refractivity contribution in [2.75, 3.05) is 0 Å². The molecule has 2 aromatic carbocycles. The third kappa shape index (κ3) is 3.34. The summed E-state index contributed by atoms with van der Waals surface area (Å²) in [7, 11) is 0. The Morgan fingerprint density at radius 1 is 1.00 bits per heavy atom. The van der Waals surface area contributed by atoms with E-state index in [2.05, 4.69) is 9.15 Å². The molecule has 1 N–H and O–H groups in total. The van der Waals surface area contributed by atoms with Crippen LogP contribution in [0.25, 0.3) is 21.9 Å². The number of hydrogen-bond acceptors (Lipinski definition) is 5. The lowest BCUT2D eigenvalue weighted by Crippen LogP contribution is -2.08. The van der Waals surface area contributed by atoms with Gasteiger partial charge in [0.2, 0.25) is 5.76 Å². The normalized spacial score (nSPS) is 11.8. The number of carboxylic acid groups (broad SMARTS) is 1. The third-order valence-electron chi connectivity index (χ3n) is 3.97. The van der Waals surface area contributed by atoms with Gasteiger partial charge in [-0.25, -0.2) is 4.79 Å². The fourth-order valence-corrected chi connectivity index (χ4v) is 2.84. The van der Waals surface area contributed by atoms with Crippen molar-refractivity contribution in [3.05, 3.63) is 59.9 Å². The lowest BCUT2D eigenvalue weighted by Gasteiger charge is -2.08. The van der Waals surface area contributed by atoms with Crippen LogP contribution >= 0.6 is 0 Å². The average Bonchev–Trinajstić information content (AvgIpc) is 3.20. The van der Waals surface area contributed by atoms with E-state index in [0.717, 1.165) is 16.8 Å². The van der Waals surface area contributed by atoms with Gasteiger partial charge in [0.05, 0.1) is 0 Å². The van der Waals surface area contributed by atoms with Crippen LogP contribution in [-0.4, -0.2) is 11.3 Å². The number of carbonyl (C=O) groups is 1. The van der Waals surface area contributed by atoms with Gasteiger partial charge in [-0.1, -0.05) is 18.2 Å². The molecular formula is C19H11F3O6. The fraction of sp³-hybridized carbons (Fsp3) is 0.105. The Morgan fingerprint density at radius 2 is 1.75 bits per heavy atom. The number of rotatable bonds is 4. The van der Waals surface area contributed by atoms with Gasteiger partial charge in [0.1, 0.15) is 23.5 Å². The van der Waals surface area contributed by atoms with E-state index in [1.165, 1.54) is 0 Å². The minimum absolute atomic E-state index is 0.314. The van der Waals surface area contributed by atoms with E-state index in [1.54, 1.807) is 24.3 Å². The predicted molar refractivity (Wildman–Crippen MR) is 90.4 cm³/mol. The molecule has 4 rings (SSSR count). The third-order valence-corrected chi connectivity index (χ3v) is 3.97. The highest BCUT2D eigenvalue weighted by atomic mass is 19.4. The standard InChI is InChI=1S/C19H11F3O6/c20-19(21,22)17-10(7-16(27-17)28-18(23)24)9-25-11-5-6-15-13(8-11)12-3-1-2-4-14(12)26-15/h1-8H,9H2,(H,23,24). The van der Waals surface area contributed by atoms with Gasteiger partial charge in [-0.3, -0.25) is 0 Å². The molecule has 0 unspecified atom stereocenters. The van der Waals surface area contributed by atoms with Crippen LogP contribution in [0.1, 0.15) is 11.3 Å². The van der Waals surface area contributed by atoms with Crippen molar-refractivity contribution in [2.24, 2.45) is 0 Å². The Balaban J connectivity index is 1.62. The van der Waals surface area contributed by atoms with Crippen LogP contribution in [0.5, 0.6) is 11.7 Å². The minimum Gasteiger partial charge on any atom is -0.489 e. The quantitative estimate of drug-likeness (QED) is 0.440. The number of hydrogen-bond donors (Lipinski definition) is 1. The Hall–Kier alpha value is -3.62. The largest absolute Gasteiger partial charge is 0.513 e. The Kier molecular flexibility index (Phi) is 4.14. The highest BCUT2D eigenvalue weighted by Crippen LogP contribution is 2.37. The van der Waals surface area contributed by atoms with Gasteiger partial charge in [-0.05, 0) is 24.3 Å².